The molecule has 0 spiro atoms. The molecule has 31 heavy (non-hydrogen) atoms. The first kappa shape index (κ1) is 20.0. The van der Waals surface area contributed by atoms with Crippen LogP contribution in [0.5, 0.6) is 11.5 Å². The maximum absolute atomic E-state index is 5.81. The molecule has 2 aliphatic rings. The molecule has 156 valence electrons. The van der Waals surface area contributed by atoms with Crippen LogP contribution < -0.4 is 14.8 Å². The van der Waals surface area contributed by atoms with Crippen molar-refractivity contribution in [2.45, 2.75) is 12.5 Å². The molecule has 0 bridgehead atoms. The van der Waals surface area contributed by atoms with Gasteiger partial charge in [0.2, 0.25) is 0 Å². The van der Waals surface area contributed by atoms with Gasteiger partial charge in [0.25, 0.3) is 0 Å². The van der Waals surface area contributed by atoms with Crippen molar-refractivity contribution in [3.05, 3.63) is 88.4 Å². The van der Waals surface area contributed by atoms with Crippen molar-refractivity contribution in [2.24, 2.45) is 5.10 Å². The number of fused-ring (bicyclic) bond motifs is 1. The van der Waals surface area contributed by atoms with Crippen LogP contribution in [-0.2, 0) is 0 Å². The van der Waals surface area contributed by atoms with Gasteiger partial charge in [-0.3, -0.25) is 0 Å². The van der Waals surface area contributed by atoms with E-state index in [-0.39, 0.29) is 6.04 Å². The Kier molecular flexibility index (Phi) is 5.61. The van der Waals surface area contributed by atoms with Gasteiger partial charge in [-0.05, 0) is 48.1 Å². The molecular weight excluding hydrogens is 474 g/mol. The van der Waals surface area contributed by atoms with Crippen LogP contribution >= 0.6 is 28.1 Å². The first-order chi connectivity index (χ1) is 15.2. The van der Waals surface area contributed by atoms with E-state index in [0.717, 1.165) is 44.9 Å². The van der Waals surface area contributed by atoms with Crippen molar-refractivity contribution < 1.29 is 9.47 Å². The van der Waals surface area contributed by atoms with Crippen LogP contribution in [-0.4, -0.2) is 29.0 Å². The number of thiocarbonyl (C=S) groups is 1. The van der Waals surface area contributed by atoms with Crippen LogP contribution in [0.25, 0.3) is 0 Å². The summed E-state index contributed by atoms with van der Waals surface area (Å²) in [6, 6.07) is 24.0. The lowest BCUT2D eigenvalue weighted by molar-refractivity contribution is 0.171. The summed E-state index contributed by atoms with van der Waals surface area (Å²) in [7, 11) is 0. The highest BCUT2D eigenvalue weighted by Gasteiger charge is 2.33. The summed E-state index contributed by atoms with van der Waals surface area (Å²) in [6.45, 7) is 1.12. The van der Waals surface area contributed by atoms with Crippen LogP contribution in [0.1, 0.15) is 23.6 Å². The zero-order chi connectivity index (χ0) is 21.2. The molecule has 1 N–H and O–H groups in total. The zero-order valence-electron chi connectivity index (χ0n) is 16.6. The Morgan fingerprint density at radius 1 is 0.968 bits per heavy atom. The quantitative estimate of drug-likeness (QED) is 0.469. The monoisotopic (exact) mass is 493 g/mol. The van der Waals surface area contributed by atoms with E-state index in [0.29, 0.717) is 18.3 Å². The van der Waals surface area contributed by atoms with Crippen molar-refractivity contribution in [2.75, 3.05) is 18.5 Å². The summed E-state index contributed by atoms with van der Waals surface area (Å²) in [5, 5.41) is 10.7. The smallest absolute Gasteiger partial charge is 0.194 e. The number of ether oxygens (including phenoxy) is 2. The Morgan fingerprint density at radius 2 is 1.71 bits per heavy atom. The van der Waals surface area contributed by atoms with Crippen molar-refractivity contribution in [3.8, 4) is 11.5 Å². The number of hydrogen-bond donors (Lipinski definition) is 1. The van der Waals surface area contributed by atoms with Crippen LogP contribution in [0, 0.1) is 0 Å². The highest BCUT2D eigenvalue weighted by molar-refractivity contribution is 9.10. The fourth-order valence-electron chi connectivity index (χ4n) is 3.78. The predicted molar refractivity (Wildman–Crippen MR) is 130 cm³/mol. The van der Waals surface area contributed by atoms with Crippen molar-refractivity contribution >= 4 is 44.7 Å². The molecule has 0 fully saturated rings. The molecular formula is C24H20BrN3O2S. The normalized spacial score (nSPS) is 17.3. The van der Waals surface area contributed by atoms with E-state index in [1.807, 2.05) is 65.7 Å². The van der Waals surface area contributed by atoms with Crippen LogP contribution in [0.2, 0.25) is 0 Å². The highest BCUT2D eigenvalue weighted by atomic mass is 79.9. The van der Waals surface area contributed by atoms with Crippen LogP contribution in [0.15, 0.2) is 82.4 Å². The number of para-hydroxylation sites is 1. The van der Waals surface area contributed by atoms with Gasteiger partial charge in [-0.15, -0.1) is 0 Å². The molecule has 1 atom stereocenters. The Bertz CT molecular complexity index is 1150. The molecule has 0 radical (unpaired) electrons. The maximum Gasteiger partial charge on any atom is 0.194 e. The van der Waals surface area contributed by atoms with E-state index in [1.54, 1.807) is 0 Å². The molecule has 7 heteroatoms. The SMILES string of the molecule is S=C(Nc1ccccc1)N1N=C(c2ccccc2Br)CC1c1ccc2c(c1)OCCO2. The topological polar surface area (TPSA) is 46.1 Å². The number of rotatable bonds is 3. The second-order valence-electron chi connectivity index (χ2n) is 7.29. The first-order valence-corrected chi connectivity index (χ1v) is 11.3. The molecule has 5 nitrogen and oxygen atoms in total. The zero-order valence-corrected chi connectivity index (χ0v) is 19.0. The van der Waals surface area contributed by atoms with Crippen molar-refractivity contribution in [1.82, 2.24) is 5.01 Å². The van der Waals surface area contributed by atoms with Crippen LogP contribution in [0.4, 0.5) is 5.69 Å². The Morgan fingerprint density at radius 3 is 2.52 bits per heavy atom. The standard InChI is InChI=1S/C24H20BrN3O2S/c25-19-9-5-4-8-18(19)20-15-21(16-10-11-22-23(14-16)30-13-12-29-22)28(27-20)24(31)26-17-6-2-1-3-7-17/h1-11,14,21H,12-13,15H2,(H,26,31). The summed E-state index contributed by atoms with van der Waals surface area (Å²) >= 11 is 9.43. The van der Waals surface area contributed by atoms with E-state index in [2.05, 4.69) is 33.4 Å². The molecule has 3 aromatic carbocycles. The highest BCUT2D eigenvalue weighted by Crippen LogP contribution is 2.39. The number of anilines is 1. The number of halogens is 1. The minimum atomic E-state index is -0.0540. The average molecular weight is 494 g/mol. The van der Waals surface area contributed by atoms with Gasteiger partial charge in [0.1, 0.15) is 13.2 Å². The Labute approximate surface area is 194 Å². The number of hydrazone groups is 1. The fourth-order valence-corrected chi connectivity index (χ4v) is 4.58. The summed E-state index contributed by atoms with van der Waals surface area (Å²) in [4.78, 5) is 0. The number of nitrogens with zero attached hydrogens (tertiary/aromatic N) is 2. The van der Waals surface area contributed by atoms with Gasteiger partial charge in [-0.2, -0.15) is 5.10 Å². The minimum absolute atomic E-state index is 0.0540. The summed E-state index contributed by atoms with van der Waals surface area (Å²) in [5.41, 5.74) is 4.05. The lowest BCUT2D eigenvalue weighted by Gasteiger charge is -2.26. The van der Waals surface area contributed by atoms with E-state index in [9.17, 15) is 0 Å². The first-order valence-electron chi connectivity index (χ1n) is 10.1. The van der Waals surface area contributed by atoms with Gasteiger partial charge in [-0.1, -0.05) is 58.4 Å². The molecule has 0 amide bonds. The van der Waals surface area contributed by atoms with Gasteiger partial charge in [0.05, 0.1) is 11.8 Å². The summed E-state index contributed by atoms with van der Waals surface area (Å²) < 4.78 is 12.5. The number of hydrogen-bond acceptors (Lipinski definition) is 4. The third-order valence-electron chi connectivity index (χ3n) is 5.28. The van der Waals surface area contributed by atoms with Gasteiger partial charge in [0, 0.05) is 22.1 Å². The second kappa shape index (κ2) is 8.69. The third-order valence-corrected chi connectivity index (χ3v) is 6.26. The molecule has 0 aliphatic carbocycles. The lowest BCUT2D eigenvalue weighted by atomic mass is 9.98. The summed E-state index contributed by atoms with van der Waals surface area (Å²) in [6.07, 6.45) is 0.721. The van der Waals surface area contributed by atoms with E-state index in [1.165, 1.54) is 0 Å². The van der Waals surface area contributed by atoms with Crippen molar-refractivity contribution in [3.63, 3.8) is 0 Å². The van der Waals surface area contributed by atoms with E-state index < -0.39 is 0 Å². The van der Waals surface area contributed by atoms with Gasteiger partial charge >= 0.3 is 0 Å². The number of benzene rings is 3. The Balaban J connectivity index is 1.49. The molecule has 0 saturated carbocycles. The lowest BCUT2D eigenvalue weighted by Crippen LogP contribution is -2.31. The molecule has 2 aliphatic heterocycles. The third kappa shape index (κ3) is 4.16. The van der Waals surface area contributed by atoms with Gasteiger partial charge in [-0.25, -0.2) is 5.01 Å². The van der Waals surface area contributed by atoms with Gasteiger partial charge in [0.15, 0.2) is 16.6 Å². The fraction of sp³-hybridized carbons (Fsp3) is 0.167. The van der Waals surface area contributed by atoms with Crippen LogP contribution in [0.3, 0.4) is 0 Å². The molecule has 0 saturated heterocycles. The molecule has 3 aromatic rings. The molecule has 2 heterocycles. The predicted octanol–water partition coefficient (Wildman–Crippen LogP) is 5.77. The average Bonchev–Trinajstić information content (AvgIpc) is 3.25. The van der Waals surface area contributed by atoms with E-state index >= 15 is 0 Å². The number of nitrogens with one attached hydrogen (secondary N) is 1. The summed E-state index contributed by atoms with van der Waals surface area (Å²) in [5.74, 6) is 1.54. The maximum atomic E-state index is 5.81. The largest absolute Gasteiger partial charge is 0.486 e. The molecule has 5 rings (SSSR count). The van der Waals surface area contributed by atoms with Crippen molar-refractivity contribution in [1.29, 1.82) is 0 Å². The molecule has 1 unspecified atom stereocenters. The van der Waals surface area contributed by atoms with E-state index in [4.69, 9.17) is 26.8 Å². The minimum Gasteiger partial charge on any atom is -0.486 e. The Hall–Kier alpha value is -2.90. The van der Waals surface area contributed by atoms with Gasteiger partial charge < -0.3 is 14.8 Å². The second-order valence-corrected chi connectivity index (χ2v) is 8.53. The molecule has 0 aromatic heterocycles.